The van der Waals surface area contributed by atoms with Crippen molar-refractivity contribution in [3.63, 3.8) is 0 Å². The molecule has 18 nitrogen and oxygen atoms in total. The van der Waals surface area contributed by atoms with Crippen LogP contribution in [0, 0.1) is 0 Å². The lowest BCUT2D eigenvalue weighted by Gasteiger charge is -2.14. The molecule has 0 saturated heterocycles. The van der Waals surface area contributed by atoms with Crippen molar-refractivity contribution in [3.8, 4) is 5.75 Å². The number of carboxylic acid groups (broad SMARTS) is 2. The van der Waals surface area contributed by atoms with Gasteiger partial charge in [0.2, 0.25) is 11.8 Å². The molecule has 364 valence electrons. The van der Waals surface area contributed by atoms with Crippen LogP contribution in [-0.2, 0) is 57.6 Å². The minimum absolute atomic E-state index is 0.0728. The molecule has 1 aromatic rings. The molecule has 0 bridgehead atoms. The van der Waals surface area contributed by atoms with Gasteiger partial charge in [0.15, 0.2) is 15.6 Å². The van der Waals surface area contributed by atoms with Crippen molar-refractivity contribution < 1.29 is 75.9 Å². The number of benzene rings is 1. The molecular weight excluding hydrogens is 924 g/mol. The molecule has 64 heavy (non-hydrogen) atoms. The molecular formula is C44H69BrN2O16S. The molecule has 2 amide bonds. The van der Waals surface area contributed by atoms with Crippen molar-refractivity contribution in [1.29, 1.82) is 0 Å². The zero-order valence-corrected chi connectivity index (χ0v) is 39.4. The summed E-state index contributed by atoms with van der Waals surface area (Å²) in [6.45, 7) is 1.94. The number of carbonyl (C=O) groups excluding carboxylic acids is 5. The van der Waals surface area contributed by atoms with Gasteiger partial charge < -0.3 is 44.5 Å². The largest absolute Gasteiger partial charge is 0.494 e. The predicted octanol–water partition coefficient (Wildman–Crippen LogP) is 4.66. The summed E-state index contributed by atoms with van der Waals surface area (Å²) in [6, 6.07) is 5.24. The second kappa shape index (κ2) is 37.4. The Bertz CT molecular complexity index is 1630. The van der Waals surface area contributed by atoms with E-state index in [1.54, 1.807) is 12.1 Å². The summed E-state index contributed by atoms with van der Waals surface area (Å²) in [5, 5.41) is 23.5. The molecule has 0 fully saturated rings. The van der Waals surface area contributed by atoms with Crippen molar-refractivity contribution in [2.24, 2.45) is 0 Å². The first-order valence-electron chi connectivity index (χ1n) is 22.1. The second-order valence-corrected chi connectivity index (χ2v) is 17.9. The van der Waals surface area contributed by atoms with Gasteiger partial charge in [0.25, 0.3) is 0 Å². The van der Waals surface area contributed by atoms with Gasteiger partial charge in [-0.25, -0.2) is 18.0 Å². The number of sulfone groups is 1. The number of carboxylic acids is 2. The zero-order chi connectivity index (χ0) is 47.3. The molecule has 0 radical (unpaired) electrons. The fraction of sp³-hybridized carbons (Fsp3) is 0.705. The Morgan fingerprint density at radius 1 is 0.578 bits per heavy atom. The van der Waals surface area contributed by atoms with Gasteiger partial charge >= 0.3 is 11.9 Å². The lowest BCUT2D eigenvalue weighted by atomic mass is 10.1. The van der Waals surface area contributed by atoms with E-state index in [0.29, 0.717) is 64.2 Å². The molecule has 0 aromatic heterocycles. The third kappa shape index (κ3) is 33.7. The maximum Gasteiger partial charge on any atom is 0.335 e. The van der Waals surface area contributed by atoms with Crippen LogP contribution in [0.3, 0.4) is 0 Å². The number of amides is 2. The van der Waals surface area contributed by atoms with Crippen LogP contribution in [0.15, 0.2) is 24.3 Å². The minimum Gasteiger partial charge on any atom is -0.494 e. The SMILES string of the molecule is O=C(CCCOCCOCC(=O)CCCOCCOCC(=O)N[C@H](CCCCNC(=O)CBr)C(=O)O)CCCS(=O)(=O)CC(=O)CCCCCCCCCOc1ccc(C(=O)O)cc1. The van der Waals surface area contributed by atoms with E-state index in [4.69, 9.17) is 28.8 Å². The number of aliphatic carboxylic acids is 1. The van der Waals surface area contributed by atoms with Crippen LogP contribution in [-0.4, -0.2) is 149 Å². The molecule has 0 unspecified atom stereocenters. The van der Waals surface area contributed by atoms with Gasteiger partial charge in [0.05, 0.1) is 49.7 Å². The van der Waals surface area contributed by atoms with E-state index >= 15 is 0 Å². The molecule has 1 rings (SSSR count). The molecule has 1 aromatic carbocycles. The Hall–Kier alpha value is -3.82. The second-order valence-electron chi connectivity index (χ2n) is 15.2. The number of hydrogen-bond acceptors (Lipinski definition) is 14. The molecule has 0 saturated carbocycles. The van der Waals surface area contributed by atoms with Crippen molar-refractivity contribution in [2.45, 2.75) is 115 Å². The fourth-order valence-electron chi connectivity index (χ4n) is 6.04. The van der Waals surface area contributed by atoms with Gasteiger partial charge in [-0.3, -0.25) is 24.0 Å². The third-order valence-electron chi connectivity index (χ3n) is 9.49. The number of rotatable bonds is 44. The first-order chi connectivity index (χ1) is 30.7. The topological polar surface area (TPSA) is 264 Å². The summed E-state index contributed by atoms with van der Waals surface area (Å²) in [4.78, 5) is 82.1. The van der Waals surface area contributed by atoms with Crippen molar-refractivity contribution in [1.82, 2.24) is 10.6 Å². The first kappa shape index (κ1) is 58.2. The van der Waals surface area contributed by atoms with Crippen LogP contribution in [0.4, 0.5) is 0 Å². The van der Waals surface area contributed by atoms with Crippen LogP contribution in [0.25, 0.3) is 0 Å². The van der Waals surface area contributed by atoms with Gasteiger partial charge in [-0.1, -0.05) is 48.0 Å². The van der Waals surface area contributed by atoms with Gasteiger partial charge in [0.1, 0.15) is 42.3 Å². The Morgan fingerprint density at radius 3 is 1.77 bits per heavy atom. The van der Waals surface area contributed by atoms with E-state index in [0.717, 1.165) is 38.5 Å². The summed E-state index contributed by atoms with van der Waals surface area (Å²) in [7, 11) is -3.58. The summed E-state index contributed by atoms with van der Waals surface area (Å²) in [5.74, 6) is -3.39. The Balaban J connectivity index is 1.93. The van der Waals surface area contributed by atoms with Crippen LogP contribution < -0.4 is 15.4 Å². The average Bonchev–Trinajstić information content (AvgIpc) is 3.25. The quantitative estimate of drug-likeness (QED) is 0.0512. The van der Waals surface area contributed by atoms with Gasteiger partial charge in [0, 0.05) is 45.4 Å². The van der Waals surface area contributed by atoms with Gasteiger partial charge in [-0.05, 0) is 75.6 Å². The van der Waals surface area contributed by atoms with Crippen LogP contribution in [0.5, 0.6) is 5.75 Å². The minimum atomic E-state index is -3.58. The number of hydrogen-bond donors (Lipinski definition) is 4. The smallest absolute Gasteiger partial charge is 0.335 e. The van der Waals surface area contributed by atoms with Crippen LogP contribution in [0.1, 0.15) is 120 Å². The highest BCUT2D eigenvalue weighted by atomic mass is 79.9. The maximum absolute atomic E-state index is 12.4. The number of ketones is 3. The molecule has 0 aliphatic carbocycles. The molecule has 0 aliphatic heterocycles. The third-order valence-corrected chi connectivity index (χ3v) is 11.7. The molecule has 0 aliphatic rings. The number of aromatic carboxylic acids is 1. The highest BCUT2D eigenvalue weighted by Crippen LogP contribution is 2.14. The number of ether oxygens (including phenoxy) is 5. The van der Waals surface area contributed by atoms with E-state index < -0.39 is 39.5 Å². The standard InChI is InChI=1S/C44H69BrN2O16S/c45-31-41(51)46-22-8-7-17-40(44(55)56)47-42(52)33-62-29-27-60-24-11-15-37(49)32-61-28-26-59-23-10-14-36(48)16-12-30-64(57,58)34-38(50)13-6-4-2-1-3-5-9-25-63-39-20-18-35(19-21-39)43(53)54/h18-21,40H,1-17,22-34H2,(H,46,51)(H,47,52)(H,53,54)(H,55,56)/t40-/m1/s1. The number of Topliss-reactive ketones (excluding diaryl/α,β-unsaturated/α-hetero) is 3. The van der Waals surface area contributed by atoms with E-state index in [2.05, 4.69) is 26.6 Å². The highest BCUT2D eigenvalue weighted by molar-refractivity contribution is 9.09. The van der Waals surface area contributed by atoms with Gasteiger partial charge in [-0.15, -0.1) is 0 Å². The normalized spacial score (nSPS) is 11.8. The van der Waals surface area contributed by atoms with Crippen LogP contribution in [0.2, 0.25) is 0 Å². The predicted molar refractivity (Wildman–Crippen MR) is 241 cm³/mol. The Labute approximate surface area is 385 Å². The number of halogens is 1. The monoisotopic (exact) mass is 992 g/mol. The van der Waals surface area contributed by atoms with Gasteiger partial charge in [-0.2, -0.15) is 0 Å². The summed E-state index contributed by atoms with van der Waals surface area (Å²) >= 11 is 3.04. The average molecular weight is 994 g/mol. The van der Waals surface area contributed by atoms with Crippen LogP contribution >= 0.6 is 15.9 Å². The lowest BCUT2D eigenvalue weighted by molar-refractivity contribution is -0.142. The fourth-order valence-corrected chi connectivity index (χ4v) is 7.60. The molecule has 20 heteroatoms. The molecule has 4 N–H and O–H groups in total. The van der Waals surface area contributed by atoms with Crippen molar-refractivity contribution >= 4 is 66.9 Å². The Morgan fingerprint density at radius 2 is 1.14 bits per heavy atom. The zero-order valence-electron chi connectivity index (χ0n) is 37.0. The molecule has 0 spiro atoms. The maximum atomic E-state index is 12.4. The molecule has 1 atom stereocenters. The number of nitrogens with one attached hydrogen (secondary N) is 2. The number of carbonyl (C=O) groups is 7. The summed E-state index contributed by atoms with van der Waals surface area (Å²) in [6.07, 6.45) is 9.59. The number of unbranched alkanes of at least 4 members (excludes halogenated alkanes) is 7. The lowest BCUT2D eigenvalue weighted by Crippen LogP contribution is -2.42. The van der Waals surface area contributed by atoms with E-state index in [9.17, 15) is 47.1 Å². The first-order valence-corrected chi connectivity index (χ1v) is 25.0. The highest BCUT2D eigenvalue weighted by Gasteiger charge is 2.20. The molecule has 0 heterocycles. The van der Waals surface area contributed by atoms with E-state index in [1.807, 2.05) is 0 Å². The van der Waals surface area contributed by atoms with E-state index in [-0.39, 0.29) is 118 Å². The van der Waals surface area contributed by atoms with E-state index in [1.165, 1.54) is 12.1 Å². The Kier molecular flexibility index (Phi) is 34.0. The van der Waals surface area contributed by atoms with Crippen molar-refractivity contribution in [3.05, 3.63) is 29.8 Å². The summed E-state index contributed by atoms with van der Waals surface area (Å²) in [5.41, 5.74) is 0.214. The van der Waals surface area contributed by atoms with Crippen molar-refractivity contribution in [2.75, 3.05) is 82.8 Å². The number of alkyl halides is 1. The summed E-state index contributed by atoms with van der Waals surface area (Å²) < 4.78 is 51.8.